The Balaban J connectivity index is 2.38. The van der Waals surface area contributed by atoms with E-state index in [-0.39, 0.29) is 50.3 Å². The Hall–Kier alpha value is -5.16. The van der Waals surface area contributed by atoms with Crippen molar-refractivity contribution < 1.29 is 62.5 Å². The third kappa shape index (κ3) is 9.67. The molecule has 0 saturated carbocycles. The summed E-state index contributed by atoms with van der Waals surface area (Å²) < 4.78 is 35.1. The number of nitrogens with zero attached hydrogens (tertiary/aromatic N) is 2. The van der Waals surface area contributed by atoms with Crippen molar-refractivity contribution in [3.63, 3.8) is 0 Å². The van der Waals surface area contributed by atoms with Crippen LogP contribution in [0.2, 0.25) is 0 Å². The van der Waals surface area contributed by atoms with Crippen molar-refractivity contribution >= 4 is 45.4 Å². The molecule has 0 unspecified atom stereocenters. The second-order valence-corrected chi connectivity index (χ2v) is 12.1. The van der Waals surface area contributed by atoms with E-state index in [1.807, 2.05) is 0 Å². The standard InChI is InChI=1S/C31H32N2O13S/c1-17-7-19(9-21(30(17)42)11-32(13-25(34)35)14-26(36)37)29(23-5-3-4-6-24(23)47(44,45)46)20-8-18(2)31(43)22(10-20)12-33(15-27(38)39)16-28(40)41/h3-10,42H,11-16H2,1-2H3,(H,34,35)(H,36,37)(H,38,39)(H,40,41)(H,44,45,46)/p-4. The van der Waals surface area contributed by atoms with E-state index in [2.05, 4.69) is 0 Å². The zero-order chi connectivity index (χ0) is 35.2. The van der Waals surface area contributed by atoms with Crippen molar-refractivity contribution in [2.45, 2.75) is 25.3 Å². The van der Waals surface area contributed by atoms with E-state index in [1.165, 1.54) is 56.3 Å². The smallest absolute Gasteiger partial charge is 0.295 e. The predicted octanol–water partition coefficient (Wildman–Crippen LogP) is -3.69. The highest BCUT2D eigenvalue weighted by Crippen LogP contribution is 2.38. The number of rotatable bonds is 15. The SMILES string of the molecule is CC1=CC(=C(c2cc(C)c(O)c(CN(CC(=O)[O-])CC(=O)[O-])c2)c2ccccc2S(=O)(=O)O)C=C(CN(CC(=O)[O-])CC(=O)[O-])C1=O. The lowest BCUT2D eigenvalue weighted by atomic mass is 9.85. The van der Waals surface area contributed by atoms with Crippen LogP contribution in [-0.2, 0) is 40.6 Å². The fourth-order valence-corrected chi connectivity index (χ4v) is 5.85. The van der Waals surface area contributed by atoms with Gasteiger partial charge in [0.2, 0.25) is 0 Å². The van der Waals surface area contributed by atoms with Crippen molar-refractivity contribution in [1.82, 2.24) is 9.80 Å². The number of phenols is 1. The van der Waals surface area contributed by atoms with Gasteiger partial charge < -0.3 is 44.7 Å². The number of allylic oxidation sites excluding steroid dienone is 4. The molecule has 0 bridgehead atoms. The van der Waals surface area contributed by atoms with Crippen LogP contribution in [0.4, 0.5) is 0 Å². The Morgan fingerprint density at radius 1 is 0.787 bits per heavy atom. The molecule has 2 aromatic carbocycles. The van der Waals surface area contributed by atoms with Crippen LogP contribution in [0.25, 0.3) is 5.57 Å². The van der Waals surface area contributed by atoms with E-state index in [1.54, 1.807) is 0 Å². The summed E-state index contributed by atoms with van der Waals surface area (Å²) >= 11 is 0. The number of ketones is 1. The highest BCUT2D eigenvalue weighted by molar-refractivity contribution is 7.86. The van der Waals surface area contributed by atoms with Crippen molar-refractivity contribution in [2.75, 3.05) is 32.7 Å². The molecule has 0 atom stereocenters. The maximum atomic E-state index is 13.2. The van der Waals surface area contributed by atoms with Crippen LogP contribution in [0, 0.1) is 6.92 Å². The highest BCUT2D eigenvalue weighted by Gasteiger charge is 2.26. The van der Waals surface area contributed by atoms with Crippen molar-refractivity contribution in [3.8, 4) is 5.75 Å². The van der Waals surface area contributed by atoms with Crippen LogP contribution in [0.3, 0.4) is 0 Å². The fraction of sp³-hybridized carbons (Fsp3) is 0.258. The first-order valence-electron chi connectivity index (χ1n) is 13.7. The fourth-order valence-electron chi connectivity index (χ4n) is 5.15. The zero-order valence-electron chi connectivity index (χ0n) is 25.0. The van der Waals surface area contributed by atoms with Crippen molar-refractivity contribution in [3.05, 3.63) is 87.5 Å². The molecular formula is C31H28N2O13S-4. The normalized spacial score (nSPS) is 14.5. The van der Waals surface area contributed by atoms with E-state index < -0.39 is 83.9 Å². The number of aliphatic carboxylic acids is 4. The minimum Gasteiger partial charge on any atom is -0.549 e. The summed E-state index contributed by atoms with van der Waals surface area (Å²) in [6.45, 7) is -1.49. The minimum absolute atomic E-state index is 0.0100. The van der Waals surface area contributed by atoms with Gasteiger partial charge >= 0.3 is 0 Å². The first kappa shape index (κ1) is 36.3. The molecule has 0 radical (unpaired) electrons. The van der Waals surface area contributed by atoms with Gasteiger partial charge in [-0.25, -0.2) is 0 Å². The van der Waals surface area contributed by atoms with Gasteiger partial charge in [0.25, 0.3) is 10.1 Å². The zero-order valence-corrected chi connectivity index (χ0v) is 25.9. The third-order valence-electron chi connectivity index (χ3n) is 6.94. The van der Waals surface area contributed by atoms with Gasteiger partial charge in [-0.05, 0) is 72.0 Å². The minimum atomic E-state index is -4.88. The second-order valence-electron chi connectivity index (χ2n) is 10.7. The summed E-state index contributed by atoms with van der Waals surface area (Å²) in [6, 6.07) is 8.00. The van der Waals surface area contributed by atoms with Crippen molar-refractivity contribution in [1.29, 1.82) is 0 Å². The predicted molar refractivity (Wildman–Crippen MR) is 154 cm³/mol. The van der Waals surface area contributed by atoms with Gasteiger partial charge in [0.05, 0.1) is 23.9 Å². The number of carbonyl (C=O) groups is 5. The molecule has 15 nitrogen and oxygen atoms in total. The molecule has 1 aliphatic carbocycles. The summed E-state index contributed by atoms with van der Waals surface area (Å²) in [5.74, 6) is -7.40. The molecule has 0 saturated heterocycles. The topological polar surface area (TPSA) is 259 Å². The van der Waals surface area contributed by atoms with E-state index in [9.17, 15) is 62.5 Å². The van der Waals surface area contributed by atoms with E-state index >= 15 is 0 Å². The Morgan fingerprint density at radius 3 is 1.81 bits per heavy atom. The average Bonchev–Trinajstić information content (AvgIpc) is 2.92. The summed E-state index contributed by atoms with van der Waals surface area (Å²) in [5, 5.41) is 56.0. The Labute approximate surface area is 268 Å². The first-order chi connectivity index (χ1) is 21.9. The molecule has 47 heavy (non-hydrogen) atoms. The monoisotopic (exact) mass is 668 g/mol. The third-order valence-corrected chi connectivity index (χ3v) is 7.85. The van der Waals surface area contributed by atoms with Gasteiger partial charge in [-0.3, -0.25) is 19.1 Å². The van der Waals surface area contributed by atoms with Gasteiger partial charge in [0, 0.05) is 56.0 Å². The van der Waals surface area contributed by atoms with E-state index in [4.69, 9.17) is 0 Å². The van der Waals surface area contributed by atoms with Crippen molar-refractivity contribution in [2.24, 2.45) is 0 Å². The van der Waals surface area contributed by atoms with Gasteiger partial charge in [-0.2, -0.15) is 8.42 Å². The van der Waals surface area contributed by atoms with Gasteiger partial charge in [0.15, 0.2) is 5.78 Å². The van der Waals surface area contributed by atoms with E-state index in [0.717, 1.165) is 15.9 Å². The molecular weight excluding hydrogens is 640 g/mol. The van der Waals surface area contributed by atoms with Gasteiger partial charge in [-0.1, -0.05) is 18.2 Å². The molecule has 250 valence electrons. The molecule has 0 amide bonds. The maximum absolute atomic E-state index is 13.2. The summed E-state index contributed by atoms with van der Waals surface area (Å²) in [4.78, 5) is 59.5. The largest absolute Gasteiger partial charge is 0.549 e. The molecule has 0 spiro atoms. The Bertz CT molecular complexity index is 1810. The van der Waals surface area contributed by atoms with Crippen LogP contribution in [0.1, 0.15) is 29.2 Å². The van der Waals surface area contributed by atoms with Gasteiger partial charge in [-0.15, -0.1) is 0 Å². The molecule has 16 heteroatoms. The average molecular weight is 669 g/mol. The summed E-state index contributed by atoms with van der Waals surface area (Å²) in [5.41, 5.74) is 0.483. The molecule has 2 N–H and O–H groups in total. The summed E-state index contributed by atoms with van der Waals surface area (Å²) in [7, 11) is -4.88. The maximum Gasteiger partial charge on any atom is 0.295 e. The van der Waals surface area contributed by atoms with Crippen LogP contribution < -0.4 is 20.4 Å². The van der Waals surface area contributed by atoms with Crippen LogP contribution in [0.5, 0.6) is 5.75 Å². The van der Waals surface area contributed by atoms with Gasteiger partial charge in [0.1, 0.15) is 10.6 Å². The lowest BCUT2D eigenvalue weighted by Crippen LogP contribution is -2.45. The van der Waals surface area contributed by atoms with Crippen LogP contribution in [-0.4, -0.2) is 90.3 Å². The molecule has 0 heterocycles. The summed E-state index contributed by atoms with van der Waals surface area (Å²) in [6.07, 6.45) is 2.66. The number of Topliss-reactive ketones (excluding diaryl/α,β-unsaturated/α-hetero) is 1. The number of aryl methyl sites for hydroxylation is 1. The highest BCUT2D eigenvalue weighted by atomic mass is 32.2. The lowest BCUT2D eigenvalue weighted by molar-refractivity contribution is -0.313. The Kier molecular flexibility index (Phi) is 11.6. The number of benzene rings is 2. The number of hydrogen-bond acceptors (Lipinski definition) is 14. The second kappa shape index (κ2) is 15.0. The Morgan fingerprint density at radius 2 is 1.30 bits per heavy atom. The lowest BCUT2D eigenvalue weighted by Gasteiger charge is -2.26. The number of carbonyl (C=O) groups excluding carboxylic acids is 5. The number of hydrogen-bond donors (Lipinski definition) is 2. The quantitative estimate of drug-likeness (QED) is 0.173. The molecule has 3 rings (SSSR count). The molecule has 1 aliphatic rings. The first-order valence-corrected chi connectivity index (χ1v) is 15.1. The number of carboxylic acid groups (broad SMARTS) is 4. The van der Waals surface area contributed by atoms with E-state index in [0.29, 0.717) is 0 Å². The van der Waals surface area contributed by atoms with Crippen LogP contribution >= 0.6 is 0 Å². The molecule has 0 aromatic heterocycles. The number of carboxylic acids is 4. The number of phenolic OH excluding ortho intramolecular Hbond substituents is 1. The molecule has 0 fully saturated rings. The molecule has 0 aliphatic heterocycles. The van der Waals surface area contributed by atoms with Crippen LogP contribution in [0.15, 0.2) is 70.2 Å². The number of aromatic hydroxyl groups is 1. The molecule has 2 aromatic rings.